The Bertz CT molecular complexity index is 1240. The number of methoxy groups -OCH3 is 1. The molecule has 1 amide bonds. The SMILES string of the molecule is COC1CCN(c2cnc3c(C4CCN(C(=O)c5ccc(OC(F)(F)F)cc5)CC4)ncnc3c2)CC1. The van der Waals surface area contributed by atoms with Gasteiger partial charge in [-0.05, 0) is 56.0 Å². The minimum Gasteiger partial charge on any atom is -0.406 e. The molecule has 3 aromatic rings. The summed E-state index contributed by atoms with van der Waals surface area (Å²) in [6.07, 6.45) is 2.37. The summed E-state index contributed by atoms with van der Waals surface area (Å²) in [5, 5.41) is 0. The number of carbonyl (C=O) groups excluding carboxylic acids is 1. The predicted octanol–water partition coefficient (Wildman–Crippen LogP) is 4.56. The molecule has 2 aliphatic heterocycles. The van der Waals surface area contributed by atoms with Crippen molar-refractivity contribution in [1.82, 2.24) is 19.9 Å². The van der Waals surface area contributed by atoms with Crippen LogP contribution < -0.4 is 9.64 Å². The van der Waals surface area contributed by atoms with E-state index in [0.717, 1.165) is 60.5 Å². The van der Waals surface area contributed by atoms with E-state index in [2.05, 4.69) is 25.7 Å². The van der Waals surface area contributed by atoms with Gasteiger partial charge in [0.2, 0.25) is 0 Å². The minimum absolute atomic E-state index is 0.132. The number of hydrogen-bond donors (Lipinski definition) is 0. The number of fused-ring (bicyclic) bond motifs is 1. The minimum atomic E-state index is -4.77. The second-order valence-corrected chi connectivity index (χ2v) is 9.38. The Hall–Kier alpha value is -3.47. The van der Waals surface area contributed by atoms with Crippen LogP contribution in [0.1, 0.15) is 47.7 Å². The third kappa shape index (κ3) is 5.76. The Balaban J connectivity index is 1.23. The van der Waals surface area contributed by atoms with Gasteiger partial charge in [-0.1, -0.05) is 0 Å². The van der Waals surface area contributed by atoms with Crippen molar-refractivity contribution in [2.45, 2.75) is 44.1 Å². The van der Waals surface area contributed by atoms with Crippen LogP contribution in [0.5, 0.6) is 5.75 Å². The number of ether oxygens (including phenoxy) is 2. The number of alkyl halides is 3. The van der Waals surface area contributed by atoms with Crippen LogP contribution in [0.2, 0.25) is 0 Å². The molecule has 5 rings (SSSR count). The third-order valence-corrected chi connectivity index (χ3v) is 7.13. The number of carbonyl (C=O) groups is 1. The molecule has 2 saturated heterocycles. The summed E-state index contributed by atoms with van der Waals surface area (Å²) in [6.45, 7) is 2.85. The molecule has 2 fully saturated rings. The molecule has 0 unspecified atom stereocenters. The van der Waals surface area contributed by atoms with Crippen molar-refractivity contribution in [1.29, 1.82) is 0 Å². The highest BCUT2D eigenvalue weighted by Crippen LogP contribution is 2.32. The number of benzene rings is 1. The van der Waals surface area contributed by atoms with Gasteiger partial charge in [-0.15, -0.1) is 13.2 Å². The van der Waals surface area contributed by atoms with Crippen LogP contribution in [0.4, 0.5) is 18.9 Å². The first kappa shape index (κ1) is 25.2. The molecule has 2 aliphatic rings. The number of pyridine rings is 1. The molecule has 2 aromatic heterocycles. The van der Waals surface area contributed by atoms with Gasteiger partial charge in [-0.3, -0.25) is 9.78 Å². The Morgan fingerprint density at radius 1 is 0.973 bits per heavy atom. The lowest BCUT2D eigenvalue weighted by Gasteiger charge is -2.33. The second kappa shape index (κ2) is 10.5. The van der Waals surface area contributed by atoms with E-state index in [0.29, 0.717) is 37.6 Å². The first-order valence-electron chi connectivity index (χ1n) is 12.3. The summed E-state index contributed by atoms with van der Waals surface area (Å²) in [7, 11) is 1.76. The van der Waals surface area contributed by atoms with Gasteiger partial charge in [0.1, 0.15) is 17.6 Å². The summed E-state index contributed by atoms with van der Waals surface area (Å²) in [5.41, 5.74) is 3.83. The molecule has 1 aromatic carbocycles. The van der Waals surface area contributed by atoms with Gasteiger partial charge in [0.05, 0.1) is 29.2 Å². The topological polar surface area (TPSA) is 80.7 Å². The average Bonchev–Trinajstić information content (AvgIpc) is 2.92. The number of hydrogen-bond acceptors (Lipinski definition) is 7. The first-order valence-corrected chi connectivity index (χ1v) is 12.3. The maximum absolute atomic E-state index is 12.9. The van der Waals surface area contributed by atoms with Crippen LogP contribution in [0.15, 0.2) is 42.9 Å². The van der Waals surface area contributed by atoms with Gasteiger partial charge in [0.15, 0.2) is 0 Å². The van der Waals surface area contributed by atoms with Crippen LogP contribution in [-0.4, -0.2) is 71.5 Å². The molecule has 8 nitrogen and oxygen atoms in total. The summed E-state index contributed by atoms with van der Waals surface area (Å²) >= 11 is 0. The summed E-state index contributed by atoms with van der Waals surface area (Å²) in [5.74, 6) is -0.439. The quantitative estimate of drug-likeness (QED) is 0.493. The number of amides is 1. The summed E-state index contributed by atoms with van der Waals surface area (Å²) < 4.78 is 46.5. The molecule has 0 saturated carbocycles. The lowest BCUT2D eigenvalue weighted by Crippen LogP contribution is -2.38. The van der Waals surface area contributed by atoms with Crippen LogP contribution >= 0.6 is 0 Å². The van der Waals surface area contributed by atoms with Crippen LogP contribution in [-0.2, 0) is 4.74 Å². The highest BCUT2D eigenvalue weighted by molar-refractivity contribution is 5.94. The maximum Gasteiger partial charge on any atom is 0.573 e. The van der Waals surface area contributed by atoms with Crippen molar-refractivity contribution >= 4 is 22.6 Å². The number of anilines is 1. The highest BCUT2D eigenvalue weighted by atomic mass is 19.4. The summed E-state index contributed by atoms with van der Waals surface area (Å²) in [4.78, 5) is 30.7. The fraction of sp³-hybridized carbons (Fsp3) is 0.462. The number of nitrogens with zero attached hydrogens (tertiary/aromatic N) is 5. The lowest BCUT2D eigenvalue weighted by atomic mass is 9.92. The molecule has 4 heterocycles. The zero-order chi connectivity index (χ0) is 26.0. The van der Waals surface area contributed by atoms with Crippen molar-refractivity contribution in [3.05, 3.63) is 54.1 Å². The number of piperidine rings is 2. The molecule has 0 N–H and O–H groups in total. The number of likely N-dealkylation sites (tertiary alicyclic amines) is 1. The van der Waals surface area contributed by atoms with Crippen molar-refractivity contribution in [2.24, 2.45) is 0 Å². The van der Waals surface area contributed by atoms with Gasteiger partial charge in [-0.2, -0.15) is 0 Å². The number of halogens is 3. The molecule has 196 valence electrons. The van der Waals surface area contributed by atoms with Crippen molar-refractivity contribution < 1.29 is 27.4 Å². The molecule has 0 bridgehead atoms. The van der Waals surface area contributed by atoms with E-state index in [9.17, 15) is 18.0 Å². The predicted molar refractivity (Wildman–Crippen MR) is 131 cm³/mol. The molecular weight excluding hydrogens is 487 g/mol. The molecule has 0 aliphatic carbocycles. The van der Waals surface area contributed by atoms with E-state index in [1.807, 2.05) is 6.20 Å². The average molecular weight is 516 g/mol. The van der Waals surface area contributed by atoms with E-state index < -0.39 is 6.36 Å². The lowest BCUT2D eigenvalue weighted by molar-refractivity contribution is -0.274. The standard InChI is InChI=1S/C26H28F3N5O3/c1-36-20-8-12-33(13-9-20)19-14-22-24(30-15-19)23(32-16-31-22)17-6-10-34(11-7-17)25(35)18-2-4-21(5-3-18)37-26(27,28)29/h2-5,14-17,20H,6-13H2,1H3. The van der Waals surface area contributed by atoms with E-state index >= 15 is 0 Å². The monoisotopic (exact) mass is 515 g/mol. The molecule has 11 heteroatoms. The Morgan fingerprint density at radius 2 is 1.68 bits per heavy atom. The first-order chi connectivity index (χ1) is 17.8. The smallest absolute Gasteiger partial charge is 0.406 e. The van der Waals surface area contributed by atoms with Crippen molar-refractivity contribution in [3.63, 3.8) is 0 Å². The number of aromatic nitrogens is 3. The van der Waals surface area contributed by atoms with Gasteiger partial charge >= 0.3 is 6.36 Å². The van der Waals surface area contributed by atoms with E-state index in [1.165, 1.54) is 12.1 Å². The fourth-order valence-electron chi connectivity index (χ4n) is 5.11. The van der Waals surface area contributed by atoms with E-state index in [-0.39, 0.29) is 17.6 Å². The van der Waals surface area contributed by atoms with Gasteiger partial charge in [-0.25, -0.2) is 9.97 Å². The van der Waals surface area contributed by atoms with Gasteiger partial charge in [0.25, 0.3) is 5.91 Å². The van der Waals surface area contributed by atoms with Crippen molar-refractivity contribution in [3.8, 4) is 5.75 Å². The normalized spacial score (nSPS) is 17.8. The largest absolute Gasteiger partial charge is 0.573 e. The molecule has 0 spiro atoms. The zero-order valence-electron chi connectivity index (χ0n) is 20.4. The number of rotatable bonds is 5. The maximum atomic E-state index is 12.9. The van der Waals surface area contributed by atoms with Crippen LogP contribution in [0.25, 0.3) is 11.0 Å². The molecule has 0 atom stereocenters. The molecular formula is C26H28F3N5O3. The highest BCUT2D eigenvalue weighted by Gasteiger charge is 2.31. The van der Waals surface area contributed by atoms with E-state index in [4.69, 9.17) is 9.72 Å². The van der Waals surface area contributed by atoms with Crippen LogP contribution in [0.3, 0.4) is 0 Å². The Morgan fingerprint density at radius 3 is 2.32 bits per heavy atom. The Kier molecular flexibility index (Phi) is 7.14. The Labute approximate surface area is 212 Å². The summed E-state index contributed by atoms with van der Waals surface area (Å²) in [6, 6.07) is 7.07. The molecule has 37 heavy (non-hydrogen) atoms. The van der Waals surface area contributed by atoms with Gasteiger partial charge in [0, 0.05) is 44.8 Å². The van der Waals surface area contributed by atoms with Crippen molar-refractivity contribution in [2.75, 3.05) is 38.2 Å². The fourth-order valence-corrected chi connectivity index (χ4v) is 5.11. The molecule has 0 radical (unpaired) electrons. The zero-order valence-corrected chi connectivity index (χ0v) is 20.4. The second-order valence-electron chi connectivity index (χ2n) is 9.38. The van der Waals surface area contributed by atoms with Gasteiger partial charge < -0.3 is 19.3 Å². The van der Waals surface area contributed by atoms with E-state index in [1.54, 1.807) is 18.3 Å². The van der Waals surface area contributed by atoms with Crippen LogP contribution in [0, 0.1) is 0 Å². The third-order valence-electron chi connectivity index (χ3n) is 7.13.